The number of halogens is 1. The first-order valence-electron chi connectivity index (χ1n) is 5.58. The van der Waals surface area contributed by atoms with Crippen LogP contribution in [0.2, 0.25) is 0 Å². The van der Waals surface area contributed by atoms with Gasteiger partial charge in [0, 0.05) is 0 Å². The van der Waals surface area contributed by atoms with E-state index in [2.05, 4.69) is 15.5 Å². The Kier molecular flexibility index (Phi) is 4.06. The lowest BCUT2D eigenvalue weighted by molar-refractivity contribution is -0.122. The third-order valence-electron chi connectivity index (χ3n) is 2.25. The molecule has 0 radical (unpaired) electrons. The molecular formula is C12H12FN3O2S. The molecule has 1 atom stereocenters. The number of nitrogens with zero attached hydrogens (tertiary/aromatic N) is 2. The first-order chi connectivity index (χ1) is 9.04. The number of amides is 1. The maximum absolute atomic E-state index is 12.7. The van der Waals surface area contributed by atoms with Gasteiger partial charge in [-0.05, 0) is 38.1 Å². The van der Waals surface area contributed by atoms with E-state index in [1.54, 1.807) is 13.8 Å². The molecule has 0 aliphatic rings. The molecule has 2 aromatic rings. The van der Waals surface area contributed by atoms with E-state index in [1.807, 2.05) is 0 Å². The molecule has 0 saturated carbocycles. The number of nitrogens with one attached hydrogen (secondary N) is 1. The fraction of sp³-hybridized carbons (Fsp3) is 0.250. The quantitative estimate of drug-likeness (QED) is 0.934. The summed E-state index contributed by atoms with van der Waals surface area (Å²) in [5.41, 5.74) is 0. The van der Waals surface area contributed by atoms with Gasteiger partial charge < -0.3 is 4.74 Å². The highest BCUT2D eigenvalue weighted by Gasteiger charge is 2.16. The Morgan fingerprint density at radius 2 is 2.05 bits per heavy atom. The number of benzene rings is 1. The van der Waals surface area contributed by atoms with Gasteiger partial charge in [0.05, 0.1) is 0 Å². The predicted octanol–water partition coefficient (Wildman–Crippen LogP) is 2.39. The van der Waals surface area contributed by atoms with Crippen LogP contribution >= 0.6 is 11.3 Å². The topological polar surface area (TPSA) is 64.1 Å². The molecule has 19 heavy (non-hydrogen) atoms. The van der Waals surface area contributed by atoms with Crippen LogP contribution in [0.4, 0.5) is 9.52 Å². The summed E-state index contributed by atoms with van der Waals surface area (Å²) in [6.07, 6.45) is -0.713. The smallest absolute Gasteiger partial charge is 0.266 e. The first-order valence-corrected chi connectivity index (χ1v) is 6.39. The molecule has 7 heteroatoms. The monoisotopic (exact) mass is 281 g/mol. The van der Waals surface area contributed by atoms with Gasteiger partial charge in [0.2, 0.25) is 5.13 Å². The highest BCUT2D eigenvalue weighted by Crippen LogP contribution is 2.16. The van der Waals surface area contributed by atoms with Crippen LogP contribution in [0.25, 0.3) is 0 Å². The van der Waals surface area contributed by atoms with E-state index in [9.17, 15) is 9.18 Å². The molecular weight excluding hydrogens is 269 g/mol. The van der Waals surface area contributed by atoms with Crippen molar-refractivity contribution in [2.45, 2.75) is 20.0 Å². The largest absolute Gasteiger partial charge is 0.481 e. The molecule has 2 rings (SSSR count). The minimum atomic E-state index is -0.713. The number of carbonyl (C=O) groups is 1. The molecule has 1 aromatic heterocycles. The third kappa shape index (κ3) is 3.72. The number of aryl methyl sites for hydroxylation is 1. The summed E-state index contributed by atoms with van der Waals surface area (Å²) < 4.78 is 18.1. The number of ether oxygens (including phenoxy) is 1. The lowest BCUT2D eigenvalue weighted by Gasteiger charge is -2.13. The molecule has 0 spiro atoms. The van der Waals surface area contributed by atoms with Crippen molar-refractivity contribution in [3.63, 3.8) is 0 Å². The van der Waals surface area contributed by atoms with Crippen molar-refractivity contribution >= 4 is 22.4 Å². The number of carbonyl (C=O) groups excluding carboxylic acids is 1. The molecule has 0 unspecified atom stereocenters. The van der Waals surface area contributed by atoms with Crippen molar-refractivity contribution in [2.24, 2.45) is 0 Å². The fourth-order valence-corrected chi connectivity index (χ4v) is 1.92. The van der Waals surface area contributed by atoms with Crippen LogP contribution < -0.4 is 10.1 Å². The summed E-state index contributed by atoms with van der Waals surface area (Å²) in [5, 5.41) is 11.4. The molecule has 5 nitrogen and oxygen atoms in total. The summed E-state index contributed by atoms with van der Waals surface area (Å²) in [5.74, 6) is -0.258. The van der Waals surface area contributed by atoms with E-state index >= 15 is 0 Å². The zero-order chi connectivity index (χ0) is 13.8. The van der Waals surface area contributed by atoms with Crippen molar-refractivity contribution in [3.8, 4) is 5.75 Å². The van der Waals surface area contributed by atoms with E-state index in [0.717, 1.165) is 5.01 Å². The number of hydrogen-bond acceptors (Lipinski definition) is 5. The van der Waals surface area contributed by atoms with E-state index in [4.69, 9.17) is 4.74 Å². The van der Waals surface area contributed by atoms with Crippen molar-refractivity contribution in [1.29, 1.82) is 0 Å². The number of aromatic nitrogens is 2. The normalized spacial score (nSPS) is 11.9. The van der Waals surface area contributed by atoms with E-state index < -0.39 is 6.10 Å². The van der Waals surface area contributed by atoms with Gasteiger partial charge in [-0.15, -0.1) is 10.2 Å². The molecule has 0 aliphatic heterocycles. The zero-order valence-electron chi connectivity index (χ0n) is 10.4. The first kappa shape index (κ1) is 13.4. The average molecular weight is 281 g/mol. The Morgan fingerprint density at radius 1 is 1.37 bits per heavy atom. The predicted molar refractivity (Wildman–Crippen MR) is 69.8 cm³/mol. The van der Waals surface area contributed by atoms with Crippen molar-refractivity contribution in [1.82, 2.24) is 10.2 Å². The van der Waals surface area contributed by atoms with Crippen LogP contribution in [0.15, 0.2) is 24.3 Å². The minimum Gasteiger partial charge on any atom is -0.481 e. The van der Waals surface area contributed by atoms with Crippen molar-refractivity contribution in [2.75, 3.05) is 5.32 Å². The molecule has 1 aromatic carbocycles. The Hall–Kier alpha value is -2.02. The summed E-state index contributed by atoms with van der Waals surface area (Å²) >= 11 is 1.28. The lowest BCUT2D eigenvalue weighted by Crippen LogP contribution is -2.30. The van der Waals surface area contributed by atoms with Gasteiger partial charge in [0.15, 0.2) is 6.10 Å². The van der Waals surface area contributed by atoms with E-state index in [-0.39, 0.29) is 11.7 Å². The van der Waals surface area contributed by atoms with Crippen LogP contribution in [0, 0.1) is 12.7 Å². The Morgan fingerprint density at radius 3 is 2.63 bits per heavy atom. The van der Waals surface area contributed by atoms with Crippen LogP contribution in [0.5, 0.6) is 5.75 Å². The maximum Gasteiger partial charge on any atom is 0.266 e. The second-order valence-corrected chi connectivity index (χ2v) is 5.01. The molecule has 1 amide bonds. The zero-order valence-corrected chi connectivity index (χ0v) is 11.2. The number of anilines is 1. The van der Waals surface area contributed by atoms with Gasteiger partial charge in [-0.3, -0.25) is 10.1 Å². The molecule has 0 bridgehead atoms. The van der Waals surface area contributed by atoms with Crippen LogP contribution in [0.3, 0.4) is 0 Å². The maximum atomic E-state index is 12.7. The Bertz CT molecular complexity index is 571. The van der Waals surface area contributed by atoms with Crippen LogP contribution in [-0.4, -0.2) is 22.2 Å². The number of hydrogen-bond donors (Lipinski definition) is 1. The van der Waals surface area contributed by atoms with Crippen molar-refractivity contribution < 1.29 is 13.9 Å². The van der Waals surface area contributed by atoms with E-state index in [0.29, 0.717) is 10.9 Å². The van der Waals surface area contributed by atoms with Gasteiger partial charge in [0.1, 0.15) is 16.6 Å². The molecule has 0 saturated heterocycles. The average Bonchev–Trinajstić information content (AvgIpc) is 2.77. The SMILES string of the molecule is Cc1nnc(NC(=O)[C@@H](C)Oc2ccc(F)cc2)s1. The molecule has 0 fully saturated rings. The highest BCUT2D eigenvalue weighted by molar-refractivity contribution is 7.15. The fourth-order valence-electron chi connectivity index (χ4n) is 1.32. The van der Waals surface area contributed by atoms with Crippen LogP contribution in [-0.2, 0) is 4.79 Å². The standard InChI is InChI=1S/C12H12FN3O2S/c1-7(18-10-5-3-9(13)4-6-10)11(17)14-12-16-15-8(2)19-12/h3-7H,1-2H3,(H,14,16,17)/t7-/m1/s1. The molecule has 100 valence electrons. The Balaban J connectivity index is 1.94. The van der Waals surface area contributed by atoms with Gasteiger partial charge in [-0.1, -0.05) is 11.3 Å². The van der Waals surface area contributed by atoms with Crippen molar-refractivity contribution in [3.05, 3.63) is 35.1 Å². The lowest BCUT2D eigenvalue weighted by atomic mass is 10.3. The minimum absolute atomic E-state index is 0.333. The molecule has 0 aliphatic carbocycles. The third-order valence-corrected chi connectivity index (χ3v) is 3.01. The summed E-state index contributed by atoms with van der Waals surface area (Å²) in [6.45, 7) is 3.40. The van der Waals surface area contributed by atoms with Gasteiger partial charge in [-0.2, -0.15) is 0 Å². The summed E-state index contributed by atoms with van der Waals surface area (Å²) in [7, 11) is 0. The molecule has 1 heterocycles. The van der Waals surface area contributed by atoms with Gasteiger partial charge >= 0.3 is 0 Å². The van der Waals surface area contributed by atoms with E-state index in [1.165, 1.54) is 35.6 Å². The second-order valence-electron chi connectivity index (χ2n) is 3.83. The summed E-state index contributed by atoms with van der Waals surface area (Å²) in [4.78, 5) is 11.8. The second kappa shape index (κ2) is 5.75. The number of rotatable bonds is 4. The molecule has 1 N–H and O–H groups in total. The summed E-state index contributed by atoms with van der Waals surface area (Å²) in [6, 6.07) is 5.48. The highest BCUT2D eigenvalue weighted by atomic mass is 32.1. The van der Waals surface area contributed by atoms with Gasteiger partial charge in [0.25, 0.3) is 5.91 Å². The van der Waals surface area contributed by atoms with Crippen LogP contribution in [0.1, 0.15) is 11.9 Å². The Labute approximate surface area is 113 Å². The van der Waals surface area contributed by atoms with Gasteiger partial charge in [-0.25, -0.2) is 4.39 Å².